The summed E-state index contributed by atoms with van der Waals surface area (Å²) in [5.41, 5.74) is 2.47. The fourth-order valence-corrected chi connectivity index (χ4v) is 2.92. The third-order valence-electron chi connectivity index (χ3n) is 3.48. The van der Waals surface area contributed by atoms with Gasteiger partial charge >= 0.3 is 0 Å². The van der Waals surface area contributed by atoms with E-state index in [1.807, 2.05) is 12.1 Å². The minimum atomic E-state index is -0.221. The van der Waals surface area contributed by atoms with Crippen LogP contribution in [0.4, 0.5) is 0 Å². The topological polar surface area (TPSA) is 35.8 Å². The maximum atomic E-state index is 9.34. The highest BCUT2D eigenvalue weighted by atomic mass is 32.1. The van der Waals surface area contributed by atoms with E-state index < -0.39 is 0 Å². The molecule has 1 unspecified atom stereocenters. The molecule has 2 nitrogen and oxygen atoms in total. The number of thiophene rings is 1. The van der Waals surface area contributed by atoms with Crippen LogP contribution < -0.4 is 5.32 Å². The maximum Gasteiger partial charge on any atom is 0.121 e. The third-order valence-corrected chi connectivity index (χ3v) is 4.36. The third kappa shape index (κ3) is 3.04. The van der Waals surface area contributed by atoms with Crippen LogP contribution in [0.5, 0.6) is 0 Å². The lowest BCUT2D eigenvalue weighted by Crippen LogP contribution is -2.19. The Morgan fingerprint density at radius 2 is 2.21 bits per heavy atom. The zero-order chi connectivity index (χ0) is 13.1. The predicted molar refractivity (Wildman–Crippen MR) is 77.9 cm³/mol. The monoisotopic (exact) mass is 268 g/mol. The van der Waals surface area contributed by atoms with Crippen LogP contribution in [-0.2, 0) is 6.54 Å². The van der Waals surface area contributed by atoms with E-state index in [4.69, 9.17) is 0 Å². The van der Waals surface area contributed by atoms with E-state index in [-0.39, 0.29) is 6.04 Å². The second-order valence-electron chi connectivity index (χ2n) is 4.97. The minimum absolute atomic E-state index is 0.221. The molecule has 2 aromatic rings. The number of nitrogens with zero attached hydrogens (tertiary/aromatic N) is 1. The van der Waals surface area contributed by atoms with E-state index in [9.17, 15) is 5.26 Å². The van der Waals surface area contributed by atoms with Gasteiger partial charge < -0.3 is 0 Å². The molecule has 0 amide bonds. The smallest absolute Gasteiger partial charge is 0.121 e. The van der Waals surface area contributed by atoms with Gasteiger partial charge in [0.15, 0.2) is 0 Å². The average molecular weight is 268 g/mol. The second-order valence-corrected chi connectivity index (χ2v) is 6.00. The number of nitriles is 1. The van der Waals surface area contributed by atoms with Gasteiger partial charge in [-0.05, 0) is 41.3 Å². The highest BCUT2D eigenvalue weighted by Crippen LogP contribution is 2.40. The van der Waals surface area contributed by atoms with Crippen LogP contribution >= 0.6 is 11.3 Å². The van der Waals surface area contributed by atoms with Gasteiger partial charge in [-0.1, -0.05) is 30.3 Å². The van der Waals surface area contributed by atoms with Gasteiger partial charge in [-0.15, -0.1) is 11.3 Å². The number of hydrogen-bond acceptors (Lipinski definition) is 3. The molecular weight excluding hydrogens is 252 g/mol. The van der Waals surface area contributed by atoms with Crippen molar-refractivity contribution in [2.45, 2.75) is 31.3 Å². The van der Waals surface area contributed by atoms with Gasteiger partial charge in [0.05, 0.1) is 6.07 Å². The summed E-state index contributed by atoms with van der Waals surface area (Å²) < 4.78 is 0. The van der Waals surface area contributed by atoms with Crippen molar-refractivity contribution in [2.75, 3.05) is 0 Å². The van der Waals surface area contributed by atoms with Gasteiger partial charge in [0.1, 0.15) is 6.04 Å². The summed E-state index contributed by atoms with van der Waals surface area (Å²) in [7, 11) is 0. The second kappa shape index (κ2) is 5.56. The first kappa shape index (κ1) is 12.4. The molecule has 1 atom stereocenters. The standard InChI is InChI=1S/C16H16N2S/c17-10-16(18-11-15-5-2-8-19-15)14-4-1-3-13(9-14)12-6-7-12/h1-5,8-9,12,16,18H,6-7,11H2. The largest absolute Gasteiger partial charge is 0.293 e. The van der Waals surface area contributed by atoms with E-state index in [1.54, 1.807) is 11.3 Å². The maximum absolute atomic E-state index is 9.34. The van der Waals surface area contributed by atoms with Crippen molar-refractivity contribution >= 4 is 11.3 Å². The van der Waals surface area contributed by atoms with Crippen LogP contribution in [0.3, 0.4) is 0 Å². The highest BCUT2D eigenvalue weighted by Gasteiger charge is 2.24. The Labute approximate surface area is 117 Å². The normalized spacial score (nSPS) is 15.9. The molecule has 0 radical (unpaired) electrons. The fourth-order valence-electron chi connectivity index (χ4n) is 2.26. The quantitative estimate of drug-likeness (QED) is 0.890. The zero-order valence-corrected chi connectivity index (χ0v) is 11.5. The van der Waals surface area contributed by atoms with E-state index in [1.165, 1.54) is 23.3 Å². The van der Waals surface area contributed by atoms with Crippen molar-refractivity contribution in [3.63, 3.8) is 0 Å². The lowest BCUT2D eigenvalue weighted by atomic mass is 10.0. The van der Waals surface area contributed by atoms with Crippen molar-refractivity contribution in [3.8, 4) is 6.07 Å². The Bertz CT molecular complexity index is 579. The highest BCUT2D eigenvalue weighted by molar-refractivity contribution is 7.09. The Kier molecular flexibility index (Phi) is 3.63. The summed E-state index contributed by atoms with van der Waals surface area (Å²) >= 11 is 1.72. The molecule has 3 rings (SSSR count). The molecule has 3 heteroatoms. The van der Waals surface area contributed by atoms with Crippen LogP contribution in [0.1, 0.15) is 40.8 Å². The fraction of sp³-hybridized carbons (Fsp3) is 0.312. The lowest BCUT2D eigenvalue weighted by molar-refractivity contribution is 0.635. The van der Waals surface area contributed by atoms with E-state index in [2.05, 4.69) is 41.0 Å². The number of nitrogens with one attached hydrogen (secondary N) is 1. The van der Waals surface area contributed by atoms with Crippen molar-refractivity contribution in [3.05, 3.63) is 57.8 Å². The van der Waals surface area contributed by atoms with Gasteiger partial charge in [0, 0.05) is 11.4 Å². The summed E-state index contributed by atoms with van der Waals surface area (Å²) in [6.07, 6.45) is 2.59. The van der Waals surface area contributed by atoms with E-state index in [0.717, 1.165) is 18.0 Å². The van der Waals surface area contributed by atoms with Crippen molar-refractivity contribution in [2.24, 2.45) is 0 Å². The van der Waals surface area contributed by atoms with Crippen molar-refractivity contribution < 1.29 is 0 Å². The summed E-state index contributed by atoms with van der Waals surface area (Å²) in [6.45, 7) is 0.754. The van der Waals surface area contributed by atoms with Gasteiger partial charge in [-0.2, -0.15) is 5.26 Å². The molecule has 1 aliphatic rings. The minimum Gasteiger partial charge on any atom is -0.293 e. The summed E-state index contributed by atoms with van der Waals surface area (Å²) in [6, 6.07) is 14.7. The van der Waals surface area contributed by atoms with Crippen molar-refractivity contribution in [1.82, 2.24) is 5.32 Å². The van der Waals surface area contributed by atoms with Crippen molar-refractivity contribution in [1.29, 1.82) is 5.26 Å². The lowest BCUT2D eigenvalue weighted by Gasteiger charge is -2.12. The zero-order valence-electron chi connectivity index (χ0n) is 10.7. The first-order valence-electron chi connectivity index (χ1n) is 6.62. The molecule has 19 heavy (non-hydrogen) atoms. The Balaban J connectivity index is 1.70. The van der Waals surface area contributed by atoms with Crippen LogP contribution in [0.2, 0.25) is 0 Å². The Morgan fingerprint density at radius 1 is 1.32 bits per heavy atom. The molecule has 1 heterocycles. The van der Waals surface area contributed by atoms with Gasteiger partial charge in [-0.25, -0.2) is 0 Å². The SMILES string of the molecule is N#CC(NCc1cccs1)c1cccc(C2CC2)c1. The van der Waals surface area contributed by atoms with Gasteiger partial charge in [0.25, 0.3) is 0 Å². The molecule has 96 valence electrons. The van der Waals surface area contributed by atoms with E-state index in [0.29, 0.717) is 0 Å². The molecule has 1 fully saturated rings. The number of rotatable bonds is 5. The molecular formula is C16H16N2S. The van der Waals surface area contributed by atoms with Crippen LogP contribution in [0.25, 0.3) is 0 Å². The van der Waals surface area contributed by atoms with Gasteiger partial charge in [-0.3, -0.25) is 5.32 Å². The predicted octanol–water partition coefficient (Wildman–Crippen LogP) is 3.98. The molecule has 1 aromatic carbocycles. The molecule has 0 bridgehead atoms. The first-order valence-corrected chi connectivity index (χ1v) is 7.50. The molecule has 1 aromatic heterocycles. The molecule has 0 aliphatic heterocycles. The molecule has 1 saturated carbocycles. The summed E-state index contributed by atoms with van der Waals surface area (Å²) in [5, 5.41) is 14.7. The number of benzene rings is 1. The summed E-state index contributed by atoms with van der Waals surface area (Å²) in [5.74, 6) is 0.733. The van der Waals surface area contributed by atoms with Crippen LogP contribution in [-0.4, -0.2) is 0 Å². The summed E-state index contributed by atoms with van der Waals surface area (Å²) in [4.78, 5) is 1.26. The van der Waals surface area contributed by atoms with Crippen LogP contribution in [0, 0.1) is 11.3 Å². The first-order chi connectivity index (χ1) is 9.36. The van der Waals surface area contributed by atoms with Crippen LogP contribution in [0.15, 0.2) is 41.8 Å². The Morgan fingerprint density at radius 3 is 2.89 bits per heavy atom. The Hall–Kier alpha value is -1.63. The molecule has 0 spiro atoms. The average Bonchev–Trinajstić information content (AvgIpc) is 3.18. The molecule has 1 N–H and O–H groups in total. The number of hydrogen-bond donors (Lipinski definition) is 1. The molecule has 1 aliphatic carbocycles. The molecule has 0 saturated heterocycles. The van der Waals surface area contributed by atoms with Gasteiger partial charge in [0.2, 0.25) is 0 Å². The van der Waals surface area contributed by atoms with E-state index >= 15 is 0 Å².